The monoisotopic (exact) mass is 536 g/mol. The van der Waals surface area contributed by atoms with Gasteiger partial charge in [0.25, 0.3) is 5.56 Å². The van der Waals surface area contributed by atoms with Crippen molar-refractivity contribution < 1.29 is 13.5 Å². The molecule has 0 saturated heterocycles. The normalized spacial score (nSPS) is 14.7. The van der Waals surface area contributed by atoms with Crippen LogP contribution in [0.2, 0.25) is 0 Å². The first-order valence-corrected chi connectivity index (χ1v) is 14.0. The second-order valence-corrected chi connectivity index (χ2v) is 11.8. The molecule has 0 spiro atoms. The van der Waals surface area contributed by atoms with Gasteiger partial charge < -0.3 is 10.4 Å². The number of rotatable bonds is 8. The molecule has 12 nitrogen and oxygen atoms in total. The Balaban J connectivity index is 1.54. The van der Waals surface area contributed by atoms with Crippen molar-refractivity contribution in [3.63, 3.8) is 0 Å². The highest BCUT2D eigenvalue weighted by Gasteiger charge is 2.31. The number of aromatic hydroxyl groups is 1. The van der Waals surface area contributed by atoms with Crippen LogP contribution >= 0.6 is 0 Å². The molecule has 5 rings (SSSR count). The number of anilines is 1. The fraction of sp³-hybridized carbons (Fsp3) is 0.400. The van der Waals surface area contributed by atoms with Gasteiger partial charge in [-0.1, -0.05) is 6.92 Å². The van der Waals surface area contributed by atoms with Gasteiger partial charge in [0.2, 0.25) is 5.88 Å². The lowest BCUT2D eigenvalue weighted by Gasteiger charge is -2.18. The molecule has 4 aromatic rings. The molecule has 1 fully saturated rings. The summed E-state index contributed by atoms with van der Waals surface area (Å²) in [7, 11) is -3.36. The maximum Gasteiger partial charge on any atom is 0.295 e. The van der Waals surface area contributed by atoms with Gasteiger partial charge in [-0.05, 0) is 45.7 Å². The highest BCUT2D eigenvalue weighted by molar-refractivity contribution is 7.91. The summed E-state index contributed by atoms with van der Waals surface area (Å²) < 4.78 is 25.7. The average molecular weight is 537 g/mol. The molecule has 1 atom stereocenters. The summed E-state index contributed by atoms with van der Waals surface area (Å²) in [5.74, 6) is 0.326. The Morgan fingerprint density at radius 1 is 1.08 bits per heavy atom. The summed E-state index contributed by atoms with van der Waals surface area (Å²) >= 11 is 0. The summed E-state index contributed by atoms with van der Waals surface area (Å²) in [4.78, 5) is 39.8. The maximum absolute atomic E-state index is 13.5. The molecule has 4 heterocycles. The molecule has 0 aromatic carbocycles. The van der Waals surface area contributed by atoms with Crippen LogP contribution in [0, 0.1) is 0 Å². The summed E-state index contributed by atoms with van der Waals surface area (Å²) in [5.41, 5.74) is 1.95. The topological polar surface area (TPSA) is 166 Å². The second-order valence-electron chi connectivity index (χ2n) is 9.55. The Hall–Kier alpha value is -4.00. The van der Waals surface area contributed by atoms with Crippen molar-refractivity contribution in [3.05, 3.63) is 52.6 Å². The fourth-order valence-electron chi connectivity index (χ4n) is 4.24. The minimum absolute atomic E-state index is 0.0137. The third kappa shape index (κ3) is 4.69. The number of sulfone groups is 1. The molecular weight excluding hydrogens is 508 g/mol. The van der Waals surface area contributed by atoms with Crippen LogP contribution in [-0.2, 0) is 9.84 Å². The largest absolute Gasteiger partial charge is 0.493 e. The van der Waals surface area contributed by atoms with Gasteiger partial charge in [-0.2, -0.15) is 0 Å². The summed E-state index contributed by atoms with van der Waals surface area (Å²) in [6.45, 7) is 7.11. The Labute approximate surface area is 219 Å². The molecule has 198 valence electrons. The van der Waals surface area contributed by atoms with Gasteiger partial charge >= 0.3 is 0 Å². The fourth-order valence-corrected chi connectivity index (χ4v) is 5.06. The van der Waals surface area contributed by atoms with Crippen molar-refractivity contribution in [2.24, 2.45) is 0 Å². The Morgan fingerprint density at radius 3 is 2.47 bits per heavy atom. The SMILES string of the molecule is CCS(=O)(=O)c1ccc([C@@H](C)Nc2nc3cnc(-c4c(O)ncnc4C4CC4)nc3n(C(C)C)c2=O)nc1. The molecule has 1 saturated carbocycles. The maximum atomic E-state index is 13.5. The summed E-state index contributed by atoms with van der Waals surface area (Å²) in [6, 6.07) is 2.43. The third-order valence-corrected chi connectivity index (χ3v) is 8.21. The van der Waals surface area contributed by atoms with E-state index in [1.807, 2.05) is 13.8 Å². The van der Waals surface area contributed by atoms with E-state index in [0.717, 1.165) is 12.8 Å². The van der Waals surface area contributed by atoms with E-state index in [-0.39, 0.29) is 45.7 Å². The molecule has 0 bridgehead atoms. The van der Waals surface area contributed by atoms with E-state index in [0.29, 0.717) is 28.1 Å². The molecular formula is C25H28N8O4S. The summed E-state index contributed by atoms with van der Waals surface area (Å²) in [5, 5.41) is 13.6. The molecule has 38 heavy (non-hydrogen) atoms. The van der Waals surface area contributed by atoms with Gasteiger partial charge in [-0.3, -0.25) is 14.3 Å². The average Bonchev–Trinajstić information content (AvgIpc) is 3.74. The van der Waals surface area contributed by atoms with Gasteiger partial charge in [0.15, 0.2) is 27.1 Å². The Morgan fingerprint density at radius 2 is 1.84 bits per heavy atom. The number of pyridine rings is 1. The van der Waals surface area contributed by atoms with Gasteiger partial charge in [-0.15, -0.1) is 0 Å². The first kappa shape index (κ1) is 25.6. The zero-order valence-electron chi connectivity index (χ0n) is 21.5. The van der Waals surface area contributed by atoms with Crippen LogP contribution in [0.3, 0.4) is 0 Å². The zero-order valence-corrected chi connectivity index (χ0v) is 22.3. The van der Waals surface area contributed by atoms with E-state index < -0.39 is 15.9 Å². The molecule has 1 aliphatic carbocycles. The molecule has 2 N–H and O–H groups in total. The highest BCUT2D eigenvalue weighted by atomic mass is 32.2. The van der Waals surface area contributed by atoms with Gasteiger partial charge in [-0.25, -0.2) is 33.3 Å². The minimum Gasteiger partial charge on any atom is -0.493 e. The lowest BCUT2D eigenvalue weighted by molar-refractivity contribution is 0.452. The molecule has 13 heteroatoms. The number of hydrogen-bond acceptors (Lipinski definition) is 11. The van der Waals surface area contributed by atoms with Crippen molar-refractivity contribution >= 4 is 26.8 Å². The Kier molecular flexibility index (Phi) is 6.55. The van der Waals surface area contributed by atoms with Gasteiger partial charge in [0.1, 0.15) is 17.4 Å². The lowest BCUT2D eigenvalue weighted by atomic mass is 10.1. The van der Waals surface area contributed by atoms with Crippen LogP contribution in [0.15, 0.2) is 40.5 Å². The van der Waals surface area contributed by atoms with Gasteiger partial charge in [0, 0.05) is 18.2 Å². The standard InChI is InChI=1S/C25H28N8O4S/c1-5-38(36,37)16-8-9-17(26-10-16)14(4)30-22-25(35)33(13(2)3)23-18(31-22)11-27-21(32-23)19-20(15-6-7-15)28-12-29-24(19)34/h8-15H,5-7H2,1-4H3,(H,30,31)(H,28,29,34)/t14-/m1/s1. The van der Waals surface area contributed by atoms with Crippen LogP contribution in [0.5, 0.6) is 5.88 Å². The lowest BCUT2D eigenvalue weighted by Crippen LogP contribution is -2.28. The first-order chi connectivity index (χ1) is 18.1. The van der Waals surface area contributed by atoms with E-state index >= 15 is 0 Å². The third-order valence-electron chi connectivity index (χ3n) is 6.49. The van der Waals surface area contributed by atoms with Crippen LogP contribution < -0.4 is 10.9 Å². The van der Waals surface area contributed by atoms with Gasteiger partial charge in [0.05, 0.1) is 34.3 Å². The quantitative estimate of drug-likeness (QED) is 0.339. The van der Waals surface area contributed by atoms with Crippen LogP contribution in [-0.4, -0.2) is 53.7 Å². The predicted molar refractivity (Wildman–Crippen MR) is 141 cm³/mol. The van der Waals surface area contributed by atoms with Crippen LogP contribution in [0.1, 0.15) is 69.9 Å². The van der Waals surface area contributed by atoms with E-state index in [1.165, 1.54) is 29.4 Å². The Bertz CT molecular complexity index is 1680. The van der Waals surface area contributed by atoms with Crippen molar-refractivity contribution in [2.75, 3.05) is 11.1 Å². The molecule has 1 aliphatic rings. The smallest absolute Gasteiger partial charge is 0.295 e. The summed E-state index contributed by atoms with van der Waals surface area (Å²) in [6.07, 6.45) is 6.09. The number of nitrogens with one attached hydrogen (secondary N) is 1. The number of fused-ring (bicyclic) bond motifs is 1. The first-order valence-electron chi connectivity index (χ1n) is 12.4. The van der Waals surface area contributed by atoms with Crippen LogP contribution in [0.4, 0.5) is 5.82 Å². The molecule has 0 unspecified atom stereocenters. The predicted octanol–water partition coefficient (Wildman–Crippen LogP) is 3.17. The van der Waals surface area contributed by atoms with Crippen molar-refractivity contribution in [2.45, 2.75) is 63.4 Å². The van der Waals surface area contributed by atoms with Crippen molar-refractivity contribution in [1.29, 1.82) is 0 Å². The second kappa shape index (κ2) is 9.71. The van der Waals surface area contributed by atoms with Crippen LogP contribution in [0.25, 0.3) is 22.6 Å². The van der Waals surface area contributed by atoms with E-state index in [4.69, 9.17) is 0 Å². The van der Waals surface area contributed by atoms with Crippen molar-refractivity contribution in [3.8, 4) is 17.3 Å². The number of aromatic nitrogens is 7. The number of nitrogens with zero attached hydrogens (tertiary/aromatic N) is 7. The molecule has 0 amide bonds. The van der Waals surface area contributed by atoms with E-state index in [1.54, 1.807) is 19.9 Å². The number of hydrogen-bond donors (Lipinski definition) is 2. The van der Waals surface area contributed by atoms with Crippen molar-refractivity contribution in [1.82, 2.24) is 34.5 Å². The molecule has 0 radical (unpaired) electrons. The van der Waals surface area contributed by atoms with E-state index in [9.17, 15) is 18.3 Å². The highest BCUT2D eigenvalue weighted by Crippen LogP contribution is 2.44. The molecule has 0 aliphatic heterocycles. The minimum atomic E-state index is -3.36. The van der Waals surface area contributed by atoms with E-state index in [2.05, 4.69) is 35.2 Å². The zero-order chi connectivity index (χ0) is 27.2. The molecule has 4 aromatic heterocycles.